The van der Waals surface area contributed by atoms with Crippen molar-refractivity contribution < 1.29 is 14.3 Å². The summed E-state index contributed by atoms with van der Waals surface area (Å²) in [4.78, 5) is 20.6. The fourth-order valence-corrected chi connectivity index (χ4v) is 2.81. The summed E-state index contributed by atoms with van der Waals surface area (Å²) >= 11 is 3.47. The first-order valence-electron chi connectivity index (χ1n) is 7.28. The number of fused-ring (bicyclic) bond motifs is 1. The first-order chi connectivity index (χ1) is 12.0. The highest BCUT2D eigenvalue weighted by atomic mass is 79.9. The second kappa shape index (κ2) is 6.94. The van der Waals surface area contributed by atoms with Crippen molar-refractivity contribution >= 4 is 44.4 Å². The third-order valence-corrected chi connectivity index (χ3v) is 4.34. The molecular formula is C17H15BrN4O3. The molecule has 2 aromatic carbocycles. The third-order valence-electron chi connectivity index (χ3n) is 3.53. The number of anilines is 2. The van der Waals surface area contributed by atoms with E-state index in [0.29, 0.717) is 32.7 Å². The SMILES string of the molecule is COc1cc(Nc2nc3ccccc3nc2C(N)=O)c(Br)c(OC)c1. The molecule has 0 aliphatic rings. The van der Waals surface area contributed by atoms with Crippen molar-refractivity contribution in [2.45, 2.75) is 0 Å². The first kappa shape index (κ1) is 17.0. The molecule has 1 heterocycles. The van der Waals surface area contributed by atoms with Crippen LogP contribution < -0.4 is 20.5 Å². The molecule has 0 spiro atoms. The number of nitrogens with zero attached hydrogens (tertiary/aromatic N) is 2. The van der Waals surface area contributed by atoms with Gasteiger partial charge in [0, 0.05) is 12.1 Å². The average molecular weight is 403 g/mol. The predicted molar refractivity (Wildman–Crippen MR) is 98.6 cm³/mol. The minimum absolute atomic E-state index is 0.0485. The van der Waals surface area contributed by atoms with Crippen LogP contribution in [0.3, 0.4) is 0 Å². The molecule has 0 saturated carbocycles. The zero-order valence-corrected chi connectivity index (χ0v) is 15.1. The van der Waals surface area contributed by atoms with Gasteiger partial charge in [0.25, 0.3) is 5.91 Å². The fraction of sp³-hybridized carbons (Fsp3) is 0.118. The Morgan fingerprint density at radius 3 is 2.40 bits per heavy atom. The molecule has 7 nitrogen and oxygen atoms in total. The molecule has 0 aliphatic carbocycles. The van der Waals surface area contributed by atoms with Gasteiger partial charge in [0.2, 0.25) is 0 Å². The van der Waals surface area contributed by atoms with Crippen LogP contribution in [0, 0.1) is 0 Å². The summed E-state index contributed by atoms with van der Waals surface area (Å²) in [6.07, 6.45) is 0. The lowest BCUT2D eigenvalue weighted by molar-refractivity contribution is 0.0996. The van der Waals surface area contributed by atoms with Crippen LogP contribution in [0.4, 0.5) is 11.5 Å². The number of carbonyl (C=O) groups excluding carboxylic acids is 1. The van der Waals surface area contributed by atoms with E-state index in [1.165, 1.54) is 0 Å². The number of nitrogens with one attached hydrogen (secondary N) is 1. The maximum atomic E-state index is 11.8. The third kappa shape index (κ3) is 3.34. The molecule has 0 fully saturated rings. The van der Waals surface area contributed by atoms with Gasteiger partial charge in [-0.1, -0.05) is 12.1 Å². The summed E-state index contributed by atoms with van der Waals surface area (Å²) in [6, 6.07) is 10.7. The van der Waals surface area contributed by atoms with Crippen LogP contribution in [0.25, 0.3) is 11.0 Å². The Morgan fingerprint density at radius 1 is 1.12 bits per heavy atom. The molecule has 3 N–H and O–H groups in total. The highest BCUT2D eigenvalue weighted by Gasteiger charge is 2.17. The second-order valence-electron chi connectivity index (χ2n) is 5.09. The van der Waals surface area contributed by atoms with Crippen molar-refractivity contribution in [3.8, 4) is 11.5 Å². The maximum absolute atomic E-state index is 11.8. The Hall–Kier alpha value is -2.87. The Labute approximate surface area is 152 Å². The van der Waals surface area contributed by atoms with Crippen LogP contribution in [0.1, 0.15) is 10.5 Å². The molecule has 3 rings (SSSR count). The molecule has 128 valence electrons. The lowest BCUT2D eigenvalue weighted by atomic mass is 10.2. The number of para-hydroxylation sites is 2. The zero-order valence-electron chi connectivity index (χ0n) is 13.5. The van der Waals surface area contributed by atoms with Crippen molar-refractivity contribution in [1.82, 2.24) is 9.97 Å². The fourth-order valence-electron chi connectivity index (χ4n) is 2.32. The van der Waals surface area contributed by atoms with Crippen LogP contribution in [0.15, 0.2) is 40.9 Å². The molecule has 0 aliphatic heterocycles. The number of primary amides is 1. The number of hydrogen-bond donors (Lipinski definition) is 2. The maximum Gasteiger partial charge on any atom is 0.271 e. The molecule has 0 radical (unpaired) electrons. The van der Waals surface area contributed by atoms with Crippen LogP contribution in [0.2, 0.25) is 0 Å². The lowest BCUT2D eigenvalue weighted by Gasteiger charge is -2.14. The van der Waals surface area contributed by atoms with Crippen LogP contribution in [-0.4, -0.2) is 30.1 Å². The highest BCUT2D eigenvalue weighted by molar-refractivity contribution is 9.10. The van der Waals surface area contributed by atoms with Gasteiger partial charge in [0.15, 0.2) is 11.5 Å². The number of amides is 1. The summed E-state index contributed by atoms with van der Waals surface area (Å²) < 4.78 is 11.2. The second-order valence-corrected chi connectivity index (χ2v) is 5.88. The molecule has 0 bridgehead atoms. The van der Waals surface area contributed by atoms with Gasteiger partial charge in [-0.2, -0.15) is 0 Å². The average Bonchev–Trinajstić information content (AvgIpc) is 2.62. The number of methoxy groups -OCH3 is 2. The van der Waals surface area contributed by atoms with Gasteiger partial charge >= 0.3 is 0 Å². The van der Waals surface area contributed by atoms with E-state index in [-0.39, 0.29) is 11.5 Å². The van der Waals surface area contributed by atoms with Gasteiger partial charge in [-0.3, -0.25) is 4.79 Å². The van der Waals surface area contributed by atoms with E-state index in [9.17, 15) is 4.79 Å². The number of hydrogen-bond acceptors (Lipinski definition) is 6. The molecule has 0 saturated heterocycles. The highest BCUT2D eigenvalue weighted by Crippen LogP contribution is 2.38. The molecule has 1 amide bonds. The van der Waals surface area contributed by atoms with E-state index in [0.717, 1.165) is 0 Å². The van der Waals surface area contributed by atoms with Gasteiger partial charge in [0.1, 0.15) is 11.5 Å². The summed E-state index contributed by atoms with van der Waals surface area (Å²) in [5, 5.41) is 3.08. The minimum Gasteiger partial charge on any atom is -0.497 e. The van der Waals surface area contributed by atoms with Crippen molar-refractivity contribution in [2.75, 3.05) is 19.5 Å². The van der Waals surface area contributed by atoms with Gasteiger partial charge in [0.05, 0.1) is 35.4 Å². The molecule has 25 heavy (non-hydrogen) atoms. The van der Waals surface area contributed by atoms with E-state index in [4.69, 9.17) is 15.2 Å². The van der Waals surface area contributed by atoms with Gasteiger partial charge in [-0.05, 0) is 28.1 Å². The van der Waals surface area contributed by atoms with E-state index >= 15 is 0 Å². The predicted octanol–water partition coefficient (Wildman–Crippen LogP) is 3.25. The lowest BCUT2D eigenvalue weighted by Crippen LogP contribution is -2.16. The number of carbonyl (C=O) groups is 1. The smallest absolute Gasteiger partial charge is 0.271 e. The molecule has 1 aromatic heterocycles. The van der Waals surface area contributed by atoms with Crippen LogP contribution in [0.5, 0.6) is 11.5 Å². The Bertz CT molecular complexity index is 962. The monoisotopic (exact) mass is 402 g/mol. The number of aromatic nitrogens is 2. The summed E-state index contributed by atoms with van der Waals surface area (Å²) in [5.41, 5.74) is 7.34. The topological polar surface area (TPSA) is 99.4 Å². The van der Waals surface area contributed by atoms with Gasteiger partial charge in [-0.15, -0.1) is 0 Å². The van der Waals surface area contributed by atoms with Crippen LogP contribution >= 0.6 is 15.9 Å². The van der Waals surface area contributed by atoms with Crippen molar-refractivity contribution in [1.29, 1.82) is 0 Å². The van der Waals surface area contributed by atoms with Crippen molar-refractivity contribution in [3.63, 3.8) is 0 Å². The molecule has 8 heteroatoms. The Balaban J connectivity index is 2.14. The number of nitrogens with two attached hydrogens (primary N) is 1. The van der Waals surface area contributed by atoms with E-state index in [2.05, 4.69) is 31.2 Å². The minimum atomic E-state index is -0.674. The molecule has 0 unspecified atom stereocenters. The normalized spacial score (nSPS) is 10.5. The largest absolute Gasteiger partial charge is 0.497 e. The molecule has 0 atom stereocenters. The summed E-state index contributed by atoms with van der Waals surface area (Å²) in [5.74, 6) is 0.724. The van der Waals surface area contributed by atoms with E-state index < -0.39 is 5.91 Å². The number of halogens is 1. The Kier molecular flexibility index (Phi) is 4.71. The van der Waals surface area contributed by atoms with Gasteiger partial charge in [-0.25, -0.2) is 9.97 Å². The number of rotatable bonds is 5. The molecular weight excluding hydrogens is 388 g/mol. The van der Waals surface area contributed by atoms with E-state index in [1.807, 2.05) is 12.1 Å². The van der Waals surface area contributed by atoms with E-state index in [1.54, 1.807) is 38.5 Å². The summed E-state index contributed by atoms with van der Waals surface area (Å²) in [6.45, 7) is 0. The van der Waals surface area contributed by atoms with Crippen molar-refractivity contribution in [2.24, 2.45) is 5.73 Å². The van der Waals surface area contributed by atoms with Crippen molar-refractivity contribution in [3.05, 3.63) is 46.6 Å². The summed E-state index contributed by atoms with van der Waals surface area (Å²) in [7, 11) is 3.10. The zero-order chi connectivity index (χ0) is 18.0. The molecule has 3 aromatic rings. The standard InChI is InChI=1S/C17H15BrN4O3/c1-24-9-7-12(14(18)13(8-9)25-2)22-17-15(16(19)23)20-10-5-3-4-6-11(10)21-17/h3-8H,1-2H3,(H2,19,23)(H,21,22). The van der Waals surface area contributed by atoms with Gasteiger partial charge < -0.3 is 20.5 Å². The first-order valence-corrected chi connectivity index (χ1v) is 8.08. The number of ether oxygens (including phenoxy) is 2. The Morgan fingerprint density at radius 2 is 1.80 bits per heavy atom. The quantitative estimate of drug-likeness (QED) is 0.679. The van der Waals surface area contributed by atoms with Crippen LogP contribution in [-0.2, 0) is 0 Å². The number of benzene rings is 2.